The Morgan fingerprint density at radius 3 is 2.21 bits per heavy atom. The first kappa shape index (κ1) is 17.4. The van der Waals surface area contributed by atoms with E-state index >= 15 is 0 Å². The molecule has 0 unspecified atom stereocenters. The summed E-state index contributed by atoms with van der Waals surface area (Å²) in [4.78, 5) is 36.6. The van der Waals surface area contributed by atoms with Crippen LogP contribution in [0.4, 0.5) is 0 Å². The summed E-state index contributed by atoms with van der Waals surface area (Å²) in [6, 6.07) is 0. The molecule has 0 heterocycles. The summed E-state index contributed by atoms with van der Waals surface area (Å²) in [6.45, 7) is 4.58. The van der Waals surface area contributed by atoms with Crippen LogP contribution in [0.3, 0.4) is 0 Å². The van der Waals surface area contributed by atoms with Crippen LogP contribution in [0.25, 0.3) is 0 Å². The van der Waals surface area contributed by atoms with Crippen molar-refractivity contribution in [2.45, 2.75) is 20.3 Å². The van der Waals surface area contributed by atoms with Gasteiger partial charge in [-0.25, -0.2) is 0 Å². The van der Waals surface area contributed by atoms with E-state index in [2.05, 4.69) is 5.32 Å². The quantitative estimate of drug-likeness (QED) is 0.584. The highest BCUT2D eigenvalue weighted by Crippen LogP contribution is 1.92. The summed E-state index contributed by atoms with van der Waals surface area (Å²) in [5.41, 5.74) is 0. The lowest BCUT2D eigenvalue weighted by Crippen LogP contribution is -2.44. The second kappa shape index (κ2) is 9.32. The lowest BCUT2D eigenvalue weighted by atomic mass is 10.4. The molecule has 19 heavy (non-hydrogen) atoms. The summed E-state index contributed by atoms with van der Waals surface area (Å²) in [6.07, 6.45) is 0.839. The molecule has 0 atom stereocenters. The van der Waals surface area contributed by atoms with E-state index in [9.17, 15) is 14.4 Å². The Balaban J connectivity index is 4.17. The number of hydrogen-bond donors (Lipinski definition) is 2. The van der Waals surface area contributed by atoms with E-state index in [1.807, 2.05) is 6.92 Å². The van der Waals surface area contributed by atoms with E-state index < -0.39 is 5.97 Å². The summed E-state index contributed by atoms with van der Waals surface area (Å²) in [5.74, 6) is -1.45. The maximum Gasteiger partial charge on any atom is 0.317 e. The molecule has 7 heteroatoms. The zero-order valence-electron chi connectivity index (χ0n) is 11.8. The Hall–Kier alpha value is -1.63. The standard InChI is InChI=1S/C12H23N3O4/c1-4-6-13-10(16)7-14(3)11(17)8-15(5-2)9-12(18)19/h4-9H2,1-3H3,(H,13,16)(H,18,19). The first-order chi connectivity index (χ1) is 8.90. The molecule has 0 aliphatic rings. The van der Waals surface area contributed by atoms with Gasteiger partial charge in [-0.05, 0) is 13.0 Å². The van der Waals surface area contributed by atoms with Crippen LogP contribution in [0.1, 0.15) is 20.3 Å². The fourth-order valence-corrected chi connectivity index (χ4v) is 1.41. The van der Waals surface area contributed by atoms with E-state index in [1.54, 1.807) is 6.92 Å². The Morgan fingerprint density at radius 2 is 1.74 bits per heavy atom. The number of carboxylic acids is 1. The van der Waals surface area contributed by atoms with Crippen molar-refractivity contribution in [3.63, 3.8) is 0 Å². The molecule has 0 spiro atoms. The number of carbonyl (C=O) groups is 3. The van der Waals surface area contributed by atoms with Gasteiger partial charge in [0.15, 0.2) is 0 Å². The SMILES string of the molecule is CCCNC(=O)CN(C)C(=O)CN(CC)CC(=O)O. The summed E-state index contributed by atoms with van der Waals surface area (Å²) in [5, 5.41) is 11.4. The van der Waals surface area contributed by atoms with Crippen LogP contribution < -0.4 is 5.32 Å². The van der Waals surface area contributed by atoms with E-state index in [0.717, 1.165) is 6.42 Å². The molecule has 2 amide bonds. The van der Waals surface area contributed by atoms with Gasteiger partial charge in [-0.2, -0.15) is 0 Å². The Kier molecular flexibility index (Phi) is 8.52. The number of rotatable bonds is 9. The highest BCUT2D eigenvalue weighted by molar-refractivity contribution is 5.85. The zero-order valence-corrected chi connectivity index (χ0v) is 11.8. The van der Waals surface area contributed by atoms with Gasteiger partial charge in [0.05, 0.1) is 19.6 Å². The first-order valence-corrected chi connectivity index (χ1v) is 6.35. The van der Waals surface area contributed by atoms with E-state index in [0.29, 0.717) is 13.1 Å². The van der Waals surface area contributed by atoms with Gasteiger partial charge >= 0.3 is 5.97 Å². The largest absolute Gasteiger partial charge is 0.480 e. The van der Waals surface area contributed by atoms with Crippen molar-refractivity contribution in [3.05, 3.63) is 0 Å². The van der Waals surface area contributed by atoms with Crippen LogP contribution in [0.2, 0.25) is 0 Å². The Labute approximate surface area is 113 Å². The molecule has 0 aromatic heterocycles. The van der Waals surface area contributed by atoms with Crippen molar-refractivity contribution in [1.82, 2.24) is 15.1 Å². The molecule has 2 N–H and O–H groups in total. The van der Waals surface area contributed by atoms with Crippen LogP contribution in [-0.4, -0.2) is 72.5 Å². The molecule has 0 aliphatic carbocycles. The predicted octanol–water partition coefficient (Wildman–Crippen LogP) is -0.622. The van der Waals surface area contributed by atoms with Gasteiger partial charge in [0.25, 0.3) is 0 Å². The van der Waals surface area contributed by atoms with Crippen molar-refractivity contribution < 1.29 is 19.5 Å². The molecule has 0 saturated heterocycles. The van der Waals surface area contributed by atoms with Crippen molar-refractivity contribution in [1.29, 1.82) is 0 Å². The van der Waals surface area contributed by atoms with E-state index in [-0.39, 0.29) is 31.4 Å². The minimum absolute atomic E-state index is 0.000355. The van der Waals surface area contributed by atoms with Gasteiger partial charge in [-0.15, -0.1) is 0 Å². The number of aliphatic carboxylic acids is 1. The molecule has 0 bridgehead atoms. The monoisotopic (exact) mass is 273 g/mol. The topological polar surface area (TPSA) is 90.0 Å². The molecular weight excluding hydrogens is 250 g/mol. The van der Waals surface area contributed by atoms with Crippen LogP contribution in [0, 0.1) is 0 Å². The van der Waals surface area contributed by atoms with Gasteiger partial charge in [0.1, 0.15) is 0 Å². The van der Waals surface area contributed by atoms with Crippen molar-refractivity contribution in [2.75, 3.05) is 39.8 Å². The lowest BCUT2D eigenvalue weighted by molar-refractivity contribution is -0.140. The van der Waals surface area contributed by atoms with E-state index in [4.69, 9.17) is 5.11 Å². The first-order valence-electron chi connectivity index (χ1n) is 6.35. The Morgan fingerprint density at radius 1 is 1.11 bits per heavy atom. The number of amides is 2. The zero-order chi connectivity index (χ0) is 14.8. The molecule has 110 valence electrons. The maximum absolute atomic E-state index is 11.8. The average Bonchev–Trinajstić information content (AvgIpc) is 2.34. The minimum atomic E-state index is -0.974. The second-order valence-electron chi connectivity index (χ2n) is 4.30. The molecular formula is C12H23N3O4. The predicted molar refractivity (Wildman–Crippen MR) is 70.7 cm³/mol. The van der Waals surface area contributed by atoms with Gasteiger partial charge in [0.2, 0.25) is 11.8 Å². The van der Waals surface area contributed by atoms with Gasteiger partial charge in [-0.1, -0.05) is 13.8 Å². The lowest BCUT2D eigenvalue weighted by Gasteiger charge is -2.22. The molecule has 0 aromatic rings. The molecule has 0 fully saturated rings. The molecule has 0 radical (unpaired) electrons. The van der Waals surface area contributed by atoms with Crippen molar-refractivity contribution in [3.8, 4) is 0 Å². The fourth-order valence-electron chi connectivity index (χ4n) is 1.41. The second-order valence-corrected chi connectivity index (χ2v) is 4.30. The van der Waals surface area contributed by atoms with Crippen LogP contribution in [0.5, 0.6) is 0 Å². The number of likely N-dealkylation sites (N-methyl/N-ethyl adjacent to an activating group) is 2. The molecule has 0 aliphatic heterocycles. The third-order valence-electron chi connectivity index (χ3n) is 2.54. The molecule has 0 saturated carbocycles. The van der Waals surface area contributed by atoms with Gasteiger partial charge in [-0.3, -0.25) is 19.3 Å². The minimum Gasteiger partial charge on any atom is -0.480 e. The number of carbonyl (C=O) groups excluding carboxylic acids is 2. The normalized spacial score (nSPS) is 10.3. The maximum atomic E-state index is 11.8. The summed E-state index contributed by atoms with van der Waals surface area (Å²) >= 11 is 0. The average molecular weight is 273 g/mol. The number of carboxylic acid groups (broad SMARTS) is 1. The highest BCUT2D eigenvalue weighted by Gasteiger charge is 2.17. The Bertz CT molecular complexity index is 320. The third kappa shape index (κ3) is 8.15. The number of nitrogens with one attached hydrogen (secondary N) is 1. The van der Waals surface area contributed by atoms with Crippen LogP contribution >= 0.6 is 0 Å². The number of nitrogens with zero attached hydrogens (tertiary/aromatic N) is 2. The van der Waals surface area contributed by atoms with Gasteiger partial charge in [0, 0.05) is 13.6 Å². The highest BCUT2D eigenvalue weighted by atomic mass is 16.4. The van der Waals surface area contributed by atoms with E-state index in [1.165, 1.54) is 16.8 Å². The third-order valence-corrected chi connectivity index (χ3v) is 2.54. The summed E-state index contributed by atoms with van der Waals surface area (Å²) < 4.78 is 0. The van der Waals surface area contributed by atoms with Crippen LogP contribution in [0.15, 0.2) is 0 Å². The van der Waals surface area contributed by atoms with Crippen molar-refractivity contribution >= 4 is 17.8 Å². The van der Waals surface area contributed by atoms with Crippen molar-refractivity contribution in [2.24, 2.45) is 0 Å². The molecule has 7 nitrogen and oxygen atoms in total. The van der Waals surface area contributed by atoms with Crippen LogP contribution in [-0.2, 0) is 14.4 Å². The fraction of sp³-hybridized carbons (Fsp3) is 0.750. The molecule has 0 rings (SSSR count). The summed E-state index contributed by atoms with van der Waals surface area (Å²) in [7, 11) is 1.53. The smallest absolute Gasteiger partial charge is 0.317 e. The molecule has 0 aromatic carbocycles. The number of hydrogen-bond acceptors (Lipinski definition) is 4. The van der Waals surface area contributed by atoms with Gasteiger partial charge < -0.3 is 15.3 Å².